The molecule has 188 valence electrons. The maximum absolute atomic E-state index is 3.81. The summed E-state index contributed by atoms with van der Waals surface area (Å²) in [5, 5.41) is 0. The Morgan fingerprint density at radius 3 is 0.467 bits per heavy atom. The van der Waals surface area contributed by atoms with E-state index in [0.29, 0.717) is 0 Å². The fourth-order valence-corrected chi connectivity index (χ4v) is 2.01. The standard InChI is InChI=1S/2C6H18N4.8S.2Sb/c2*7-1-4-10(5-2-8)6-3-9;;;;;;;;;;/h2*1-9H2;;;;;;;;;;/q;;8*-2;2*+5/p+6. The molecule has 0 atom stereocenters. The Balaban J connectivity index is -0.0000000162. The molecule has 0 aliphatic rings. The second-order valence-corrected chi connectivity index (χ2v) is 4.80. The number of nitrogens with zero attached hydrogens (tertiary/aromatic N) is 2. The van der Waals surface area contributed by atoms with Gasteiger partial charge in [-0.05, 0) is 0 Å². The molecule has 18 N–H and O–H groups in total. The Morgan fingerprint density at radius 2 is 0.400 bits per heavy atom. The quantitative estimate of drug-likeness (QED) is 0.108. The molecule has 0 saturated heterocycles. The molecule has 0 saturated carbocycles. The molecule has 0 spiro atoms. The van der Waals surface area contributed by atoms with Crippen molar-refractivity contribution in [3.63, 3.8) is 0 Å². The molecule has 0 unspecified atom stereocenters. The summed E-state index contributed by atoms with van der Waals surface area (Å²) in [6.45, 7) is 12.4. The topological polar surface area (TPSA) is 172 Å². The monoisotopic (exact) mass is 796 g/mol. The van der Waals surface area contributed by atoms with E-state index in [4.69, 9.17) is 0 Å². The normalized spacial score (nSPS) is 7.20. The predicted molar refractivity (Wildman–Crippen MR) is 150 cm³/mol. The van der Waals surface area contributed by atoms with Crippen molar-refractivity contribution in [2.45, 2.75) is 0 Å². The summed E-state index contributed by atoms with van der Waals surface area (Å²) in [5.74, 6) is 0. The summed E-state index contributed by atoms with van der Waals surface area (Å²) >= 11 is 0. The van der Waals surface area contributed by atoms with Crippen molar-refractivity contribution in [2.75, 3.05) is 78.5 Å². The van der Waals surface area contributed by atoms with Crippen molar-refractivity contribution in [3.8, 4) is 0 Å². The Labute approximate surface area is 276 Å². The van der Waals surface area contributed by atoms with E-state index in [9.17, 15) is 0 Å². The molecule has 30 heavy (non-hydrogen) atoms. The van der Waals surface area contributed by atoms with Crippen LogP contribution in [-0.4, -0.2) is 137 Å². The number of rotatable bonds is 12. The zero-order valence-corrected chi connectivity index (χ0v) is 29.4. The minimum atomic E-state index is 0. The van der Waals surface area contributed by atoms with Crippen LogP contribution < -0.4 is 34.4 Å². The smallest absolute Gasteiger partial charge is 2.00 e. The van der Waals surface area contributed by atoms with Crippen LogP contribution in [0.4, 0.5) is 0 Å². The molecule has 0 heterocycles. The van der Waals surface area contributed by atoms with Crippen LogP contribution in [0.2, 0.25) is 0 Å². The van der Waals surface area contributed by atoms with Gasteiger partial charge in [0.15, 0.2) is 0 Å². The summed E-state index contributed by atoms with van der Waals surface area (Å²) in [7, 11) is 0. The van der Waals surface area contributed by atoms with E-state index in [1.165, 1.54) is 0 Å². The largest absolute Gasteiger partial charge is 5.00 e. The minimum Gasteiger partial charge on any atom is -2.00 e. The maximum Gasteiger partial charge on any atom is 5.00 e. The molecular formula is C12H42N8S8Sb2. The Morgan fingerprint density at radius 1 is 0.300 bits per heavy atom. The first kappa shape index (κ1) is 76.5. The fraction of sp³-hybridized carbons (Fsp3) is 1.00. The van der Waals surface area contributed by atoms with Crippen molar-refractivity contribution in [1.82, 2.24) is 9.80 Å². The second kappa shape index (κ2) is 69.8. The van der Waals surface area contributed by atoms with Crippen LogP contribution in [0.15, 0.2) is 0 Å². The molecule has 0 radical (unpaired) electrons. The van der Waals surface area contributed by atoms with Gasteiger partial charge >= 0.3 is 48.9 Å². The summed E-state index contributed by atoms with van der Waals surface area (Å²) in [5.41, 5.74) is 22.8. The number of hydrogen-bond acceptors (Lipinski definition) is 2. The van der Waals surface area contributed by atoms with Gasteiger partial charge in [0.25, 0.3) is 0 Å². The van der Waals surface area contributed by atoms with Crippen LogP contribution in [0, 0.1) is 0 Å². The van der Waals surface area contributed by atoms with Crippen LogP contribution in [0.3, 0.4) is 0 Å². The van der Waals surface area contributed by atoms with Gasteiger partial charge in [0, 0.05) is 39.3 Å². The third kappa shape index (κ3) is 63.6. The van der Waals surface area contributed by atoms with Crippen LogP contribution in [0.1, 0.15) is 0 Å². The SMILES string of the molecule is [NH3+]CCN(CC[NH3+])CC[NH3+].[NH3+]CCN(CC[NH3+])CC[NH3+].[S-2].[S-2].[S-2].[S-2].[S-2].[S-2].[S-2].[S-2].[Sb+5].[Sb+5]. The van der Waals surface area contributed by atoms with Crippen molar-refractivity contribution in [1.29, 1.82) is 0 Å². The predicted octanol–water partition coefficient (Wildman–Crippen LogP) is -8.75. The summed E-state index contributed by atoms with van der Waals surface area (Å²) in [6, 6.07) is 0. The summed E-state index contributed by atoms with van der Waals surface area (Å²) in [6.07, 6.45) is 0. The summed E-state index contributed by atoms with van der Waals surface area (Å²) < 4.78 is 0. The summed E-state index contributed by atoms with van der Waals surface area (Å²) in [4.78, 5) is 4.71. The van der Waals surface area contributed by atoms with Gasteiger partial charge in [-0.25, -0.2) is 0 Å². The minimum absolute atomic E-state index is 0. The zero-order chi connectivity index (χ0) is 15.6. The van der Waals surface area contributed by atoms with Crippen LogP contribution in [0.5, 0.6) is 0 Å². The van der Waals surface area contributed by atoms with Gasteiger partial charge in [-0.15, -0.1) is 0 Å². The van der Waals surface area contributed by atoms with Gasteiger partial charge in [0.2, 0.25) is 0 Å². The van der Waals surface area contributed by atoms with Crippen molar-refractivity contribution in [3.05, 3.63) is 0 Å². The number of hydrogen-bond donors (Lipinski definition) is 6. The third-order valence-electron chi connectivity index (χ3n) is 2.85. The van der Waals surface area contributed by atoms with Crippen molar-refractivity contribution in [2.24, 2.45) is 0 Å². The van der Waals surface area contributed by atoms with E-state index >= 15 is 0 Å². The van der Waals surface area contributed by atoms with Crippen LogP contribution in [-0.2, 0) is 108 Å². The van der Waals surface area contributed by atoms with E-state index in [-0.39, 0.29) is 157 Å². The van der Waals surface area contributed by atoms with Crippen molar-refractivity contribution < 1.29 is 34.4 Å². The maximum atomic E-state index is 3.81. The van der Waals surface area contributed by atoms with Crippen LogP contribution >= 0.6 is 0 Å². The van der Waals surface area contributed by atoms with E-state index < -0.39 is 0 Å². The fourth-order valence-electron chi connectivity index (χ4n) is 2.01. The third-order valence-corrected chi connectivity index (χ3v) is 2.85. The zero-order valence-electron chi connectivity index (χ0n) is 17.8. The molecule has 0 aromatic rings. The molecule has 0 amide bonds. The van der Waals surface area contributed by atoms with E-state index in [1.54, 1.807) is 0 Å². The van der Waals surface area contributed by atoms with E-state index in [1.807, 2.05) is 0 Å². The van der Waals surface area contributed by atoms with Gasteiger partial charge in [-0.2, -0.15) is 0 Å². The van der Waals surface area contributed by atoms with Gasteiger partial charge in [-0.3, -0.25) is 9.80 Å². The Kier molecular flexibility index (Phi) is 178. The Bertz CT molecular complexity index is 158. The first-order valence-corrected chi connectivity index (χ1v) is 7.90. The molecular weight excluding hydrogens is 756 g/mol. The molecule has 0 aliphatic carbocycles. The first-order valence-electron chi connectivity index (χ1n) is 7.90. The molecule has 0 bridgehead atoms. The molecule has 18 heteroatoms. The molecule has 0 aromatic carbocycles. The van der Waals surface area contributed by atoms with Crippen molar-refractivity contribution >= 4 is 157 Å². The van der Waals surface area contributed by atoms with Gasteiger partial charge in [0.05, 0.1) is 39.3 Å². The molecule has 8 nitrogen and oxygen atoms in total. The first-order chi connectivity index (χ1) is 9.69. The van der Waals surface area contributed by atoms with Gasteiger partial charge < -0.3 is 142 Å². The van der Waals surface area contributed by atoms with E-state index in [0.717, 1.165) is 78.5 Å². The molecule has 0 aliphatic heterocycles. The van der Waals surface area contributed by atoms with Crippen LogP contribution in [0.25, 0.3) is 0 Å². The molecule has 0 aromatic heterocycles. The van der Waals surface area contributed by atoms with Gasteiger partial charge in [-0.1, -0.05) is 0 Å². The van der Waals surface area contributed by atoms with Gasteiger partial charge in [0.1, 0.15) is 0 Å². The molecule has 0 fully saturated rings. The average molecular weight is 799 g/mol. The average Bonchev–Trinajstić information content (AvgIpc) is 2.41. The second-order valence-electron chi connectivity index (χ2n) is 4.80. The van der Waals surface area contributed by atoms with E-state index in [2.05, 4.69) is 44.2 Å². The number of quaternary nitrogens is 6. The molecule has 0 rings (SSSR count). The Hall–Kier alpha value is 4.12.